The van der Waals surface area contributed by atoms with Crippen molar-refractivity contribution in [3.05, 3.63) is 23.8 Å². The standard InChI is InChI=1S/C17H24N2O4S/c1-11(2)18-15(20)7-8-19-16(21)10-24-17(19)12-5-6-13(22-3)14(9-12)23-4/h5-6,9,11,17H,7-8,10H2,1-4H3,(H,18,20). The average Bonchev–Trinajstić information content (AvgIpc) is 2.92. The molecule has 1 aromatic carbocycles. The van der Waals surface area contributed by atoms with Crippen LogP contribution in [-0.4, -0.2) is 49.3 Å². The normalized spacial score (nSPS) is 17.3. The first-order valence-corrected chi connectivity index (χ1v) is 8.93. The molecule has 132 valence electrons. The van der Waals surface area contributed by atoms with Gasteiger partial charge < -0.3 is 19.7 Å². The van der Waals surface area contributed by atoms with Crippen LogP contribution in [0.5, 0.6) is 11.5 Å². The Morgan fingerprint density at radius 1 is 1.33 bits per heavy atom. The summed E-state index contributed by atoms with van der Waals surface area (Å²) in [6.45, 7) is 4.24. The van der Waals surface area contributed by atoms with Crippen molar-refractivity contribution in [2.45, 2.75) is 31.7 Å². The third-order valence-electron chi connectivity index (χ3n) is 3.69. The summed E-state index contributed by atoms with van der Waals surface area (Å²) in [4.78, 5) is 25.8. The van der Waals surface area contributed by atoms with Crippen LogP contribution in [-0.2, 0) is 9.59 Å². The zero-order valence-electron chi connectivity index (χ0n) is 14.5. The summed E-state index contributed by atoms with van der Waals surface area (Å²) in [5.41, 5.74) is 0.966. The highest BCUT2D eigenvalue weighted by Crippen LogP contribution is 2.41. The molecule has 1 heterocycles. The Morgan fingerprint density at radius 2 is 2.04 bits per heavy atom. The Balaban J connectivity index is 2.11. The highest BCUT2D eigenvalue weighted by molar-refractivity contribution is 8.00. The Bertz CT molecular complexity index is 606. The number of ether oxygens (including phenoxy) is 2. The first-order chi connectivity index (χ1) is 11.5. The van der Waals surface area contributed by atoms with Crippen molar-refractivity contribution in [1.29, 1.82) is 0 Å². The molecule has 6 nitrogen and oxygen atoms in total. The second-order valence-electron chi connectivity index (χ2n) is 5.84. The molecule has 1 aliphatic rings. The van der Waals surface area contributed by atoms with Gasteiger partial charge in [0.25, 0.3) is 0 Å². The monoisotopic (exact) mass is 352 g/mol. The van der Waals surface area contributed by atoms with Gasteiger partial charge in [-0.15, -0.1) is 11.8 Å². The van der Waals surface area contributed by atoms with E-state index in [9.17, 15) is 9.59 Å². The SMILES string of the molecule is COc1ccc(C2SCC(=O)N2CCC(=O)NC(C)C)cc1OC. The van der Waals surface area contributed by atoms with Gasteiger partial charge in [-0.2, -0.15) is 0 Å². The maximum atomic E-state index is 12.2. The maximum absolute atomic E-state index is 12.2. The highest BCUT2D eigenvalue weighted by Gasteiger charge is 2.33. The minimum absolute atomic E-state index is 0.0410. The number of thioether (sulfide) groups is 1. The van der Waals surface area contributed by atoms with Crippen molar-refractivity contribution in [3.63, 3.8) is 0 Å². The van der Waals surface area contributed by atoms with Gasteiger partial charge in [0, 0.05) is 19.0 Å². The molecule has 0 aromatic heterocycles. The van der Waals surface area contributed by atoms with E-state index in [2.05, 4.69) is 5.32 Å². The van der Waals surface area contributed by atoms with E-state index in [1.54, 1.807) is 30.9 Å². The summed E-state index contributed by atoms with van der Waals surface area (Å²) in [7, 11) is 3.17. The lowest BCUT2D eigenvalue weighted by Crippen LogP contribution is -2.35. The molecule has 1 atom stereocenters. The van der Waals surface area contributed by atoms with Crippen LogP contribution in [0.15, 0.2) is 18.2 Å². The molecule has 1 N–H and O–H groups in total. The third kappa shape index (κ3) is 4.35. The number of hydrogen-bond acceptors (Lipinski definition) is 5. The number of benzene rings is 1. The lowest BCUT2D eigenvalue weighted by molar-refractivity contribution is -0.129. The summed E-state index contributed by atoms with van der Waals surface area (Å²) in [5, 5.41) is 2.74. The molecule has 0 saturated carbocycles. The van der Waals surface area contributed by atoms with Gasteiger partial charge in [0.15, 0.2) is 11.5 Å². The number of methoxy groups -OCH3 is 2. The predicted molar refractivity (Wildman–Crippen MR) is 94.4 cm³/mol. The van der Waals surface area contributed by atoms with E-state index in [0.717, 1.165) is 5.56 Å². The molecule has 2 amide bonds. The lowest BCUT2D eigenvalue weighted by Gasteiger charge is -2.25. The summed E-state index contributed by atoms with van der Waals surface area (Å²) in [6.07, 6.45) is 0.300. The van der Waals surface area contributed by atoms with Crippen LogP contribution in [0.3, 0.4) is 0 Å². The quantitative estimate of drug-likeness (QED) is 0.815. The van der Waals surface area contributed by atoms with Gasteiger partial charge in [0.1, 0.15) is 5.37 Å². The minimum atomic E-state index is -0.107. The van der Waals surface area contributed by atoms with Crippen molar-refractivity contribution in [2.75, 3.05) is 26.5 Å². The maximum Gasteiger partial charge on any atom is 0.233 e. The van der Waals surface area contributed by atoms with Crippen LogP contribution < -0.4 is 14.8 Å². The van der Waals surface area contributed by atoms with Crippen LogP contribution in [0.1, 0.15) is 31.2 Å². The minimum Gasteiger partial charge on any atom is -0.493 e. The summed E-state index contributed by atoms with van der Waals surface area (Å²) >= 11 is 1.56. The molecule has 0 aliphatic carbocycles. The summed E-state index contributed by atoms with van der Waals surface area (Å²) in [6, 6.07) is 5.75. The van der Waals surface area contributed by atoms with E-state index in [0.29, 0.717) is 30.2 Å². The largest absolute Gasteiger partial charge is 0.493 e. The van der Waals surface area contributed by atoms with E-state index < -0.39 is 0 Å². The predicted octanol–water partition coefficient (Wildman–Crippen LogP) is 2.19. The zero-order valence-corrected chi connectivity index (χ0v) is 15.3. The average molecular weight is 352 g/mol. The molecule has 2 rings (SSSR count). The van der Waals surface area contributed by atoms with Gasteiger partial charge in [-0.25, -0.2) is 0 Å². The first-order valence-electron chi connectivity index (χ1n) is 7.88. The number of nitrogens with one attached hydrogen (secondary N) is 1. The van der Waals surface area contributed by atoms with E-state index in [-0.39, 0.29) is 23.2 Å². The van der Waals surface area contributed by atoms with Gasteiger partial charge in [0.05, 0.1) is 20.0 Å². The van der Waals surface area contributed by atoms with Crippen LogP contribution in [0.2, 0.25) is 0 Å². The fourth-order valence-electron chi connectivity index (χ4n) is 2.59. The first kappa shape index (κ1) is 18.4. The molecule has 0 spiro atoms. The molecular weight excluding hydrogens is 328 g/mol. The van der Waals surface area contributed by atoms with E-state index >= 15 is 0 Å². The van der Waals surface area contributed by atoms with E-state index in [4.69, 9.17) is 9.47 Å². The topological polar surface area (TPSA) is 67.9 Å². The van der Waals surface area contributed by atoms with Crippen molar-refractivity contribution < 1.29 is 19.1 Å². The molecule has 1 aromatic rings. The highest BCUT2D eigenvalue weighted by atomic mass is 32.2. The number of carbonyl (C=O) groups excluding carboxylic acids is 2. The Labute approximate surface area is 146 Å². The van der Waals surface area contributed by atoms with Gasteiger partial charge in [-0.05, 0) is 31.5 Å². The summed E-state index contributed by atoms with van der Waals surface area (Å²) < 4.78 is 10.6. The fraction of sp³-hybridized carbons (Fsp3) is 0.529. The van der Waals surface area contributed by atoms with Gasteiger partial charge in [0.2, 0.25) is 11.8 Å². The van der Waals surface area contributed by atoms with Crippen molar-refractivity contribution in [3.8, 4) is 11.5 Å². The van der Waals surface area contributed by atoms with Crippen molar-refractivity contribution >= 4 is 23.6 Å². The molecule has 1 unspecified atom stereocenters. The molecular formula is C17H24N2O4S. The summed E-state index contributed by atoms with van der Waals surface area (Å²) in [5.74, 6) is 1.72. The van der Waals surface area contributed by atoms with E-state index in [1.165, 1.54) is 0 Å². The second kappa shape index (κ2) is 8.28. The molecule has 1 fully saturated rings. The zero-order chi connectivity index (χ0) is 17.7. The fourth-order valence-corrected chi connectivity index (χ4v) is 3.80. The number of rotatable bonds is 7. The van der Waals surface area contributed by atoms with Gasteiger partial charge in [-0.3, -0.25) is 9.59 Å². The molecule has 24 heavy (non-hydrogen) atoms. The van der Waals surface area contributed by atoms with E-state index in [1.807, 2.05) is 32.0 Å². The second-order valence-corrected chi connectivity index (χ2v) is 6.91. The van der Waals surface area contributed by atoms with Crippen LogP contribution in [0.25, 0.3) is 0 Å². The van der Waals surface area contributed by atoms with Crippen LogP contribution in [0, 0.1) is 0 Å². The van der Waals surface area contributed by atoms with Crippen molar-refractivity contribution in [1.82, 2.24) is 10.2 Å². The molecule has 1 aliphatic heterocycles. The Kier molecular flexibility index (Phi) is 6.36. The van der Waals surface area contributed by atoms with Crippen molar-refractivity contribution in [2.24, 2.45) is 0 Å². The molecule has 0 radical (unpaired) electrons. The van der Waals surface area contributed by atoms with Gasteiger partial charge in [-0.1, -0.05) is 6.07 Å². The van der Waals surface area contributed by atoms with Crippen LogP contribution in [0.4, 0.5) is 0 Å². The number of nitrogens with zero attached hydrogens (tertiary/aromatic N) is 1. The third-order valence-corrected chi connectivity index (χ3v) is 4.95. The van der Waals surface area contributed by atoms with Crippen LogP contribution >= 0.6 is 11.8 Å². The molecule has 1 saturated heterocycles. The Hall–Kier alpha value is -1.89. The molecule has 7 heteroatoms. The Morgan fingerprint density at radius 3 is 2.67 bits per heavy atom. The number of amides is 2. The number of carbonyl (C=O) groups is 2. The molecule has 0 bridgehead atoms. The van der Waals surface area contributed by atoms with Gasteiger partial charge >= 0.3 is 0 Å². The lowest BCUT2D eigenvalue weighted by atomic mass is 10.1. The number of hydrogen-bond donors (Lipinski definition) is 1. The smallest absolute Gasteiger partial charge is 0.233 e.